The van der Waals surface area contributed by atoms with E-state index in [1.54, 1.807) is 24.3 Å². The van der Waals surface area contributed by atoms with Crippen LogP contribution in [-0.2, 0) is 0 Å². The predicted molar refractivity (Wildman–Crippen MR) is 63.5 cm³/mol. The Morgan fingerprint density at radius 2 is 1.94 bits per heavy atom. The quantitative estimate of drug-likeness (QED) is 0.737. The average molecular weight is 223 g/mol. The summed E-state index contributed by atoms with van der Waals surface area (Å²) in [5.41, 5.74) is 3.48. The molecule has 0 fully saturated rings. The van der Waals surface area contributed by atoms with Gasteiger partial charge in [0.2, 0.25) is 0 Å². The molecule has 88 valence electrons. The Labute approximate surface area is 95.3 Å². The molecule has 0 aliphatic carbocycles. The van der Waals surface area contributed by atoms with E-state index in [0.717, 1.165) is 11.6 Å². The summed E-state index contributed by atoms with van der Waals surface area (Å²) in [6, 6.07) is 8.95. The second kappa shape index (κ2) is 6.09. The number of amides is 1. The number of hydrazine groups is 1. The molecule has 1 amide bonds. The van der Waals surface area contributed by atoms with Crippen molar-refractivity contribution in [3.63, 3.8) is 0 Å². The fourth-order valence-electron chi connectivity index (χ4n) is 1.23. The first-order valence-electron chi connectivity index (χ1n) is 5.07. The Kier molecular flexibility index (Phi) is 4.75. The molecule has 0 unspecified atom stereocenters. The van der Waals surface area contributed by atoms with E-state index in [2.05, 4.69) is 5.43 Å². The van der Waals surface area contributed by atoms with Gasteiger partial charge >= 0.3 is 6.09 Å². The molecule has 1 aromatic carbocycles. The van der Waals surface area contributed by atoms with Crippen LogP contribution in [0.5, 0.6) is 0 Å². The highest BCUT2D eigenvalue weighted by Gasteiger charge is 2.12. The molecular weight excluding hydrogens is 206 g/mol. The van der Waals surface area contributed by atoms with Crippen LogP contribution in [0.25, 0.3) is 0 Å². The van der Waals surface area contributed by atoms with Crippen molar-refractivity contribution in [3.8, 4) is 0 Å². The molecule has 5 nitrogen and oxygen atoms in total. The second-order valence-electron chi connectivity index (χ2n) is 3.66. The topological polar surface area (TPSA) is 55.8 Å². The van der Waals surface area contributed by atoms with Gasteiger partial charge in [0.05, 0.1) is 5.69 Å². The number of carbonyl (C=O) groups is 1. The third kappa shape index (κ3) is 3.88. The number of nitrogens with one attached hydrogen (secondary N) is 1. The third-order valence-electron chi connectivity index (χ3n) is 2.03. The lowest BCUT2D eigenvalue weighted by molar-refractivity contribution is 0.198. The molecule has 2 N–H and O–H groups in total. The van der Waals surface area contributed by atoms with Crippen molar-refractivity contribution in [1.82, 2.24) is 10.3 Å². The fourth-order valence-corrected chi connectivity index (χ4v) is 1.23. The maximum Gasteiger partial charge on any atom is 0.426 e. The summed E-state index contributed by atoms with van der Waals surface area (Å²) in [5.74, 6) is 0. The highest BCUT2D eigenvalue weighted by molar-refractivity contribution is 5.84. The summed E-state index contributed by atoms with van der Waals surface area (Å²) in [6.07, 6.45) is -1.01. The van der Waals surface area contributed by atoms with E-state index in [4.69, 9.17) is 5.11 Å². The highest BCUT2D eigenvalue weighted by Crippen LogP contribution is 2.10. The largest absolute Gasteiger partial charge is 0.464 e. The lowest BCUT2D eigenvalue weighted by atomic mass is 10.3. The van der Waals surface area contributed by atoms with Crippen molar-refractivity contribution in [1.29, 1.82) is 0 Å². The van der Waals surface area contributed by atoms with E-state index < -0.39 is 6.09 Å². The zero-order valence-corrected chi connectivity index (χ0v) is 9.55. The monoisotopic (exact) mass is 223 g/mol. The average Bonchev–Trinajstić information content (AvgIpc) is 2.25. The fraction of sp³-hybridized carbons (Fsp3) is 0.364. The second-order valence-corrected chi connectivity index (χ2v) is 3.66. The highest BCUT2D eigenvalue weighted by atomic mass is 16.4. The Morgan fingerprint density at radius 3 is 2.44 bits per heavy atom. The Bertz CT molecular complexity index is 327. The summed E-state index contributed by atoms with van der Waals surface area (Å²) >= 11 is 0. The standard InChI is InChI=1S/C11H17N3O2/c1-13(2)9-8-12-14(11(15)16)10-6-4-3-5-7-10/h3-7,12H,8-9H2,1-2H3,(H,15,16). The van der Waals surface area contributed by atoms with Crippen molar-refractivity contribution in [2.24, 2.45) is 0 Å². The molecule has 0 aliphatic heterocycles. The maximum atomic E-state index is 11.0. The molecule has 0 aromatic heterocycles. The van der Waals surface area contributed by atoms with Gasteiger partial charge in [-0.25, -0.2) is 15.2 Å². The van der Waals surface area contributed by atoms with E-state index in [1.807, 2.05) is 25.1 Å². The SMILES string of the molecule is CN(C)CCNN(C(=O)O)c1ccccc1. The van der Waals surface area contributed by atoms with Gasteiger partial charge in [0.15, 0.2) is 0 Å². The Morgan fingerprint density at radius 1 is 1.31 bits per heavy atom. The summed E-state index contributed by atoms with van der Waals surface area (Å²) in [7, 11) is 3.88. The molecule has 0 saturated carbocycles. The third-order valence-corrected chi connectivity index (χ3v) is 2.03. The minimum absolute atomic E-state index is 0.578. The number of rotatable bonds is 5. The number of anilines is 1. The van der Waals surface area contributed by atoms with Gasteiger partial charge in [-0.3, -0.25) is 0 Å². The van der Waals surface area contributed by atoms with Gasteiger partial charge in [-0.2, -0.15) is 0 Å². The van der Waals surface area contributed by atoms with Gasteiger partial charge in [0.1, 0.15) is 0 Å². The minimum Gasteiger partial charge on any atom is -0.464 e. The first-order valence-corrected chi connectivity index (χ1v) is 5.07. The number of likely N-dealkylation sites (N-methyl/N-ethyl adjacent to an activating group) is 1. The summed E-state index contributed by atoms with van der Waals surface area (Å²) < 4.78 is 0. The lowest BCUT2D eigenvalue weighted by Crippen LogP contribution is -2.45. The molecule has 0 heterocycles. The van der Waals surface area contributed by atoms with Crippen molar-refractivity contribution < 1.29 is 9.90 Å². The number of para-hydroxylation sites is 1. The molecule has 5 heteroatoms. The lowest BCUT2D eigenvalue weighted by Gasteiger charge is -2.21. The first kappa shape index (κ1) is 12.5. The predicted octanol–water partition coefficient (Wildman–Crippen LogP) is 1.24. The first-order chi connectivity index (χ1) is 7.61. The van der Waals surface area contributed by atoms with Gasteiger partial charge in [-0.1, -0.05) is 18.2 Å². The van der Waals surface area contributed by atoms with E-state index in [1.165, 1.54) is 0 Å². The zero-order chi connectivity index (χ0) is 12.0. The molecule has 0 aliphatic rings. The number of hydrogen-bond acceptors (Lipinski definition) is 3. The van der Waals surface area contributed by atoms with Crippen molar-refractivity contribution in [2.75, 3.05) is 32.2 Å². The number of carboxylic acid groups (broad SMARTS) is 1. The van der Waals surface area contributed by atoms with Crippen molar-refractivity contribution >= 4 is 11.8 Å². The number of nitrogens with zero attached hydrogens (tertiary/aromatic N) is 2. The van der Waals surface area contributed by atoms with E-state index in [0.29, 0.717) is 12.2 Å². The van der Waals surface area contributed by atoms with Crippen LogP contribution in [0.3, 0.4) is 0 Å². The van der Waals surface area contributed by atoms with E-state index in [-0.39, 0.29) is 0 Å². The maximum absolute atomic E-state index is 11.0. The molecule has 16 heavy (non-hydrogen) atoms. The van der Waals surface area contributed by atoms with Gasteiger partial charge in [0, 0.05) is 13.1 Å². The van der Waals surface area contributed by atoms with Crippen LogP contribution in [-0.4, -0.2) is 43.3 Å². The molecular formula is C11H17N3O2. The Balaban J connectivity index is 2.59. The van der Waals surface area contributed by atoms with Crippen LogP contribution in [0.1, 0.15) is 0 Å². The summed E-state index contributed by atoms with van der Waals surface area (Å²) in [6.45, 7) is 1.35. The van der Waals surface area contributed by atoms with Crippen molar-refractivity contribution in [2.45, 2.75) is 0 Å². The molecule has 0 atom stereocenters. The molecule has 0 saturated heterocycles. The van der Waals surface area contributed by atoms with Crippen LogP contribution in [0, 0.1) is 0 Å². The van der Waals surface area contributed by atoms with Crippen LogP contribution >= 0.6 is 0 Å². The number of benzene rings is 1. The molecule has 1 rings (SSSR count). The van der Waals surface area contributed by atoms with Gasteiger partial charge in [-0.15, -0.1) is 0 Å². The van der Waals surface area contributed by atoms with E-state index >= 15 is 0 Å². The van der Waals surface area contributed by atoms with Crippen LogP contribution in [0.4, 0.5) is 10.5 Å². The molecule has 0 bridgehead atoms. The van der Waals surface area contributed by atoms with Crippen molar-refractivity contribution in [3.05, 3.63) is 30.3 Å². The summed E-state index contributed by atoms with van der Waals surface area (Å²) in [5, 5.41) is 10.2. The normalized spacial score (nSPS) is 10.4. The smallest absolute Gasteiger partial charge is 0.426 e. The van der Waals surface area contributed by atoms with Crippen LogP contribution < -0.4 is 10.4 Å². The van der Waals surface area contributed by atoms with Gasteiger partial charge in [0.25, 0.3) is 0 Å². The zero-order valence-electron chi connectivity index (χ0n) is 9.55. The van der Waals surface area contributed by atoms with Crippen LogP contribution in [0.2, 0.25) is 0 Å². The van der Waals surface area contributed by atoms with Gasteiger partial charge in [-0.05, 0) is 26.2 Å². The molecule has 0 radical (unpaired) electrons. The minimum atomic E-state index is -1.01. The van der Waals surface area contributed by atoms with E-state index in [9.17, 15) is 4.79 Å². The number of hydrogen-bond donors (Lipinski definition) is 2. The van der Waals surface area contributed by atoms with Crippen LogP contribution in [0.15, 0.2) is 30.3 Å². The summed E-state index contributed by atoms with van der Waals surface area (Å²) in [4.78, 5) is 13.0. The molecule has 0 spiro atoms. The Hall–Kier alpha value is -1.59. The molecule has 1 aromatic rings. The van der Waals surface area contributed by atoms with Gasteiger partial charge < -0.3 is 10.0 Å².